The molecular weight excluding hydrogens is 472 g/mol. The van der Waals surface area contributed by atoms with Crippen LogP contribution in [0.15, 0.2) is 34.0 Å². The number of anilines is 1. The van der Waals surface area contributed by atoms with Crippen LogP contribution in [0.25, 0.3) is 10.8 Å². The lowest BCUT2D eigenvalue weighted by molar-refractivity contribution is 0.00230. The van der Waals surface area contributed by atoms with Gasteiger partial charge in [0.1, 0.15) is 17.4 Å². The summed E-state index contributed by atoms with van der Waals surface area (Å²) in [6.45, 7) is 1.60. The molecule has 8 nitrogen and oxygen atoms in total. The van der Waals surface area contributed by atoms with Crippen LogP contribution in [0.1, 0.15) is 43.0 Å². The Morgan fingerprint density at radius 2 is 1.94 bits per heavy atom. The number of nitrogens with one attached hydrogen (secondary N) is 1. The zero-order valence-corrected chi connectivity index (χ0v) is 19.2. The van der Waals surface area contributed by atoms with Gasteiger partial charge in [0.2, 0.25) is 0 Å². The van der Waals surface area contributed by atoms with E-state index in [1.54, 1.807) is 0 Å². The summed E-state index contributed by atoms with van der Waals surface area (Å²) in [7, 11) is 2.58. The first kappa shape index (κ1) is 24.7. The molecule has 12 heteroatoms. The maximum absolute atomic E-state index is 14.7. The maximum atomic E-state index is 14.7. The van der Waals surface area contributed by atoms with Gasteiger partial charge in [0, 0.05) is 25.4 Å². The molecule has 1 aromatic carbocycles. The summed E-state index contributed by atoms with van der Waals surface area (Å²) in [6, 6.07) is 1.96. The van der Waals surface area contributed by atoms with E-state index in [2.05, 4.69) is 10.4 Å². The van der Waals surface area contributed by atoms with Gasteiger partial charge in [-0.3, -0.25) is 9.59 Å². The molecule has 3 aromatic rings. The SMILES string of the molecule is COc1c(=O)n(C2CCOCC2F)cc2c(N[C@H](C)c3cccc(C(F)F)c3F)nn(C)c(=O)c12. The summed E-state index contributed by atoms with van der Waals surface area (Å²) in [5.41, 5.74) is -2.10. The van der Waals surface area contributed by atoms with Crippen molar-refractivity contribution in [3.63, 3.8) is 0 Å². The van der Waals surface area contributed by atoms with Crippen molar-refractivity contribution in [2.45, 2.75) is 38.0 Å². The fraction of sp³-hybridized carbons (Fsp3) is 0.435. The van der Waals surface area contributed by atoms with Gasteiger partial charge in [-0.1, -0.05) is 18.2 Å². The first-order chi connectivity index (χ1) is 16.6. The number of hydrogen-bond acceptors (Lipinski definition) is 6. The van der Waals surface area contributed by atoms with Gasteiger partial charge in [-0.05, 0) is 13.3 Å². The number of alkyl halides is 3. The highest BCUT2D eigenvalue weighted by molar-refractivity contribution is 5.94. The molecule has 2 unspecified atom stereocenters. The van der Waals surface area contributed by atoms with Crippen molar-refractivity contribution >= 4 is 16.6 Å². The lowest BCUT2D eigenvalue weighted by Gasteiger charge is -2.28. The molecule has 35 heavy (non-hydrogen) atoms. The highest BCUT2D eigenvalue weighted by atomic mass is 19.3. The van der Waals surface area contributed by atoms with Crippen molar-refractivity contribution < 1.29 is 27.0 Å². The zero-order valence-electron chi connectivity index (χ0n) is 19.2. The third kappa shape index (κ3) is 4.38. The van der Waals surface area contributed by atoms with Gasteiger partial charge in [0.25, 0.3) is 17.5 Å². The Morgan fingerprint density at radius 1 is 1.23 bits per heavy atom. The quantitative estimate of drug-likeness (QED) is 0.525. The fourth-order valence-corrected chi connectivity index (χ4v) is 4.31. The number of pyridine rings is 1. The minimum Gasteiger partial charge on any atom is -0.490 e. The number of aryl methyl sites for hydroxylation is 1. The number of nitrogens with zero attached hydrogens (tertiary/aromatic N) is 3. The van der Waals surface area contributed by atoms with Crippen molar-refractivity contribution in [1.82, 2.24) is 14.3 Å². The standard InChI is InChI=1S/C23H24F4N4O4/c1-11(12-5-4-6-13(18(12)25)20(26)27)28-21-14-9-31(16-7-8-35-10-15(16)24)23(33)19(34-3)17(14)22(32)30(2)29-21/h4-6,9,11,15-16,20H,7-8,10H2,1-3H3,(H,28,29)/t11-,15?,16?/m1/s1. The minimum absolute atomic E-state index is 0.0415. The third-order valence-corrected chi connectivity index (χ3v) is 6.13. The molecule has 1 aliphatic rings. The maximum Gasteiger partial charge on any atom is 0.294 e. The van der Waals surface area contributed by atoms with Gasteiger partial charge in [-0.2, -0.15) is 5.10 Å². The van der Waals surface area contributed by atoms with Crippen molar-refractivity contribution in [2.24, 2.45) is 7.05 Å². The molecule has 1 aliphatic heterocycles. The van der Waals surface area contributed by atoms with Crippen LogP contribution in [0.5, 0.6) is 5.75 Å². The average molecular weight is 496 g/mol. The predicted molar refractivity (Wildman–Crippen MR) is 121 cm³/mol. The van der Waals surface area contributed by atoms with Gasteiger partial charge in [0.15, 0.2) is 11.6 Å². The van der Waals surface area contributed by atoms with Crippen LogP contribution in [0.3, 0.4) is 0 Å². The summed E-state index contributed by atoms with van der Waals surface area (Å²) in [5.74, 6) is -1.29. The molecule has 4 rings (SSSR count). The molecule has 3 atom stereocenters. The number of benzene rings is 1. The van der Waals surface area contributed by atoms with Crippen LogP contribution in [0, 0.1) is 5.82 Å². The van der Waals surface area contributed by atoms with E-state index in [4.69, 9.17) is 9.47 Å². The molecular formula is C23H24F4N4O4. The minimum atomic E-state index is -2.99. The molecule has 0 spiro atoms. The van der Waals surface area contributed by atoms with E-state index in [0.717, 1.165) is 15.3 Å². The van der Waals surface area contributed by atoms with E-state index in [1.807, 2.05) is 0 Å². The number of hydrogen-bond donors (Lipinski definition) is 1. The smallest absolute Gasteiger partial charge is 0.294 e. The van der Waals surface area contributed by atoms with Crippen LogP contribution >= 0.6 is 0 Å². The molecule has 1 N–H and O–H groups in total. The Balaban J connectivity index is 1.89. The van der Waals surface area contributed by atoms with Gasteiger partial charge in [0.05, 0.1) is 36.8 Å². The Bertz CT molecular complexity index is 1370. The van der Waals surface area contributed by atoms with E-state index < -0.39 is 47.2 Å². The first-order valence-electron chi connectivity index (χ1n) is 10.9. The summed E-state index contributed by atoms with van der Waals surface area (Å²) in [4.78, 5) is 26.0. The number of halogens is 4. The molecule has 0 bridgehead atoms. The monoisotopic (exact) mass is 496 g/mol. The Kier molecular flexibility index (Phi) is 6.84. The lowest BCUT2D eigenvalue weighted by atomic mass is 10.0. The van der Waals surface area contributed by atoms with E-state index in [1.165, 1.54) is 39.4 Å². The van der Waals surface area contributed by atoms with Crippen molar-refractivity contribution in [3.05, 3.63) is 62.0 Å². The van der Waals surface area contributed by atoms with Crippen molar-refractivity contribution in [1.29, 1.82) is 0 Å². The van der Waals surface area contributed by atoms with Crippen LogP contribution in [0.4, 0.5) is 23.4 Å². The summed E-state index contributed by atoms with van der Waals surface area (Å²) >= 11 is 0. The summed E-state index contributed by atoms with van der Waals surface area (Å²) < 4.78 is 68.3. The van der Waals surface area contributed by atoms with Gasteiger partial charge < -0.3 is 19.4 Å². The van der Waals surface area contributed by atoms with Crippen LogP contribution in [-0.2, 0) is 11.8 Å². The molecule has 1 saturated heterocycles. The van der Waals surface area contributed by atoms with Crippen molar-refractivity contribution in [2.75, 3.05) is 25.6 Å². The van der Waals surface area contributed by atoms with Crippen LogP contribution in [-0.4, -0.2) is 40.8 Å². The summed E-state index contributed by atoms with van der Waals surface area (Å²) in [6.07, 6.45) is -2.92. The Morgan fingerprint density at radius 3 is 2.60 bits per heavy atom. The second-order valence-electron chi connectivity index (χ2n) is 8.30. The van der Waals surface area contributed by atoms with Gasteiger partial charge in [-0.15, -0.1) is 0 Å². The predicted octanol–water partition coefficient (Wildman–Crippen LogP) is 3.65. The third-order valence-electron chi connectivity index (χ3n) is 6.13. The Hall–Kier alpha value is -3.41. The molecule has 0 saturated carbocycles. The lowest BCUT2D eigenvalue weighted by Crippen LogP contribution is -2.37. The van der Waals surface area contributed by atoms with Crippen LogP contribution in [0.2, 0.25) is 0 Å². The normalized spacial score (nSPS) is 19.2. The van der Waals surface area contributed by atoms with E-state index in [9.17, 15) is 27.2 Å². The molecule has 0 radical (unpaired) electrons. The topological polar surface area (TPSA) is 87.4 Å². The molecule has 0 amide bonds. The number of ether oxygens (including phenoxy) is 2. The number of methoxy groups -OCH3 is 1. The highest BCUT2D eigenvalue weighted by Gasteiger charge is 2.30. The first-order valence-corrected chi connectivity index (χ1v) is 10.9. The second kappa shape index (κ2) is 9.68. The van der Waals surface area contributed by atoms with E-state index >= 15 is 0 Å². The molecule has 0 aliphatic carbocycles. The van der Waals surface area contributed by atoms with Gasteiger partial charge >= 0.3 is 0 Å². The number of aromatic nitrogens is 3. The molecule has 1 fully saturated rings. The van der Waals surface area contributed by atoms with Crippen LogP contribution < -0.4 is 21.2 Å². The van der Waals surface area contributed by atoms with E-state index in [-0.39, 0.29) is 47.5 Å². The summed E-state index contributed by atoms with van der Waals surface area (Å²) in [5, 5.41) is 7.19. The number of fused-ring (bicyclic) bond motifs is 1. The Labute approximate surface area is 197 Å². The fourth-order valence-electron chi connectivity index (χ4n) is 4.31. The highest BCUT2D eigenvalue weighted by Crippen LogP contribution is 2.32. The van der Waals surface area contributed by atoms with Gasteiger partial charge in [-0.25, -0.2) is 22.2 Å². The van der Waals surface area contributed by atoms with E-state index in [0.29, 0.717) is 0 Å². The van der Waals surface area contributed by atoms with Crippen molar-refractivity contribution in [3.8, 4) is 5.75 Å². The largest absolute Gasteiger partial charge is 0.490 e. The molecule has 3 heterocycles. The molecule has 188 valence electrons. The second-order valence-corrected chi connectivity index (χ2v) is 8.30. The average Bonchev–Trinajstić information content (AvgIpc) is 2.82. The molecule has 2 aromatic heterocycles. The number of rotatable bonds is 6. The zero-order chi connectivity index (χ0) is 25.4.